The number of H-pyrrole nitrogens is 2. The molecule has 1 fully saturated rings. The number of halogens is 1. The number of nitrogens with zero attached hydrogens (tertiary/aromatic N) is 2. The zero-order chi connectivity index (χ0) is 19.1. The minimum Gasteiger partial charge on any atom is -0.497 e. The van der Waals surface area contributed by atoms with Gasteiger partial charge in [0, 0.05) is 75.7 Å². The minimum absolute atomic E-state index is 0.906. The number of hydrogen-bond acceptors (Lipinski definition) is 3. The van der Waals surface area contributed by atoms with Crippen LogP contribution in [0.4, 0.5) is 5.69 Å². The number of piperazine rings is 1. The average molecular weight is 486 g/mol. The van der Waals surface area contributed by atoms with Gasteiger partial charge >= 0.3 is 0 Å². The summed E-state index contributed by atoms with van der Waals surface area (Å²) in [7, 11) is 1.72. The maximum absolute atomic E-state index is 5.38. The Morgan fingerprint density at radius 2 is 1.86 bits per heavy atom. The van der Waals surface area contributed by atoms with Crippen LogP contribution < -0.4 is 9.64 Å². The van der Waals surface area contributed by atoms with E-state index in [-0.39, 0.29) is 0 Å². The van der Waals surface area contributed by atoms with Gasteiger partial charge in [0.25, 0.3) is 0 Å². The number of nitrogens with one attached hydrogen (secondary N) is 2. The van der Waals surface area contributed by atoms with Crippen molar-refractivity contribution in [2.75, 3.05) is 38.2 Å². The minimum atomic E-state index is 0.906. The number of aromatic amines is 2. The van der Waals surface area contributed by atoms with Gasteiger partial charge in [0.15, 0.2) is 0 Å². The summed E-state index contributed by atoms with van der Waals surface area (Å²) >= 11 is 2.46. The van der Waals surface area contributed by atoms with E-state index in [9.17, 15) is 0 Å². The lowest BCUT2D eigenvalue weighted by atomic mass is 10.1. The molecule has 5 rings (SSSR count). The standard InChI is InChI=1S/C22H23IN4O/c1-28-15-5-6-19-17(13-15)22(23)20(25-19)14-26-9-11-27(12-10-26)21-4-2-3-18-16(21)7-8-24-18/h2-8,13,24-25H,9-12,14H2,1H3. The molecule has 1 aliphatic heterocycles. The summed E-state index contributed by atoms with van der Waals surface area (Å²) in [4.78, 5) is 12.0. The molecule has 0 atom stereocenters. The first-order valence-corrected chi connectivity index (χ1v) is 10.7. The van der Waals surface area contributed by atoms with Gasteiger partial charge in [-0.25, -0.2) is 0 Å². The Bertz CT molecular complexity index is 1120. The lowest BCUT2D eigenvalue weighted by Gasteiger charge is -2.36. The molecule has 2 N–H and O–H groups in total. The summed E-state index contributed by atoms with van der Waals surface area (Å²) in [6, 6.07) is 14.9. The van der Waals surface area contributed by atoms with E-state index in [1.54, 1.807) is 7.11 Å². The molecule has 0 spiro atoms. The number of anilines is 1. The molecule has 0 bridgehead atoms. The summed E-state index contributed by atoms with van der Waals surface area (Å²) in [6.07, 6.45) is 2.03. The Morgan fingerprint density at radius 3 is 2.68 bits per heavy atom. The molecule has 1 saturated heterocycles. The van der Waals surface area contributed by atoms with Gasteiger partial charge in [-0.1, -0.05) is 6.07 Å². The molecule has 0 amide bonds. The first-order chi connectivity index (χ1) is 13.7. The predicted octanol–water partition coefficient (Wildman–Crippen LogP) is 4.58. The lowest BCUT2D eigenvalue weighted by molar-refractivity contribution is 0.247. The van der Waals surface area contributed by atoms with Crippen LogP contribution in [0.2, 0.25) is 0 Å². The van der Waals surface area contributed by atoms with Crippen LogP contribution in [0.3, 0.4) is 0 Å². The van der Waals surface area contributed by atoms with Gasteiger partial charge in [-0.3, -0.25) is 4.90 Å². The highest BCUT2D eigenvalue weighted by atomic mass is 127. The maximum atomic E-state index is 5.38. The van der Waals surface area contributed by atoms with E-state index in [4.69, 9.17) is 4.74 Å². The van der Waals surface area contributed by atoms with Gasteiger partial charge in [0.1, 0.15) is 5.75 Å². The van der Waals surface area contributed by atoms with Gasteiger partial charge in [0.05, 0.1) is 7.11 Å². The highest BCUT2D eigenvalue weighted by Gasteiger charge is 2.21. The SMILES string of the molecule is COc1ccc2[nH]c(CN3CCN(c4cccc5[nH]ccc45)CC3)c(I)c2c1. The van der Waals surface area contributed by atoms with Crippen molar-refractivity contribution in [3.05, 3.63) is 57.9 Å². The zero-order valence-electron chi connectivity index (χ0n) is 15.8. The van der Waals surface area contributed by atoms with Crippen LogP contribution in [0, 0.1) is 3.57 Å². The summed E-state index contributed by atoms with van der Waals surface area (Å²) < 4.78 is 6.68. The molecule has 2 aromatic carbocycles. The lowest BCUT2D eigenvalue weighted by Crippen LogP contribution is -2.46. The van der Waals surface area contributed by atoms with Crippen LogP contribution in [0.1, 0.15) is 5.69 Å². The normalized spacial score (nSPS) is 15.6. The topological polar surface area (TPSA) is 47.3 Å². The summed E-state index contributed by atoms with van der Waals surface area (Å²) in [5.74, 6) is 0.906. The second-order valence-electron chi connectivity index (χ2n) is 7.31. The van der Waals surface area contributed by atoms with E-state index in [1.165, 1.54) is 36.8 Å². The summed E-state index contributed by atoms with van der Waals surface area (Å²) in [6.45, 7) is 5.19. The summed E-state index contributed by atoms with van der Waals surface area (Å²) in [5.41, 5.74) is 5.02. The number of rotatable bonds is 4. The molecule has 5 nitrogen and oxygen atoms in total. The number of benzene rings is 2. The Kier molecular flexibility index (Phi) is 4.68. The highest BCUT2D eigenvalue weighted by Crippen LogP contribution is 2.30. The fourth-order valence-corrected chi connectivity index (χ4v) is 4.90. The quantitative estimate of drug-likeness (QED) is 0.415. The maximum Gasteiger partial charge on any atom is 0.119 e. The number of fused-ring (bicyclic) bond motifs is 2. The van der Waals surface area contributed by atoms with Crippen molar-refractivity contribution in [1.29, 1.82) is 0 Å². The van der Waals surface area contributed by atoms with E-state index in [0.717, 1.165) is 38.5 Å². The van der Waals surface area contributed by atoms with Crippen LogP contribution in [-0.4, -0.2) is 48.2 Å². The molecule has 2 aromatic heterocycles. The number of aromatic nitrogens is 2. The number of hydrogen-bond donors (Lipinski definition) is 2. The largest absolute Gasteiger partial charge is 0.497 e. The highest BCUT2D eigenvalue weighted by molar-refractivity contribution is 14.1. The smallest absolute Gasteiger partial charge is 0.119 e. The molecule has 4 aromatic rings. The molecular weight excluding hydrogens is 463 g/mol. The van der Waals surface area contributed by atoms with Crippen LogP contribution in [0.5, 0.6) is 5.75 Å². The number of methoxy groups -OCH3 is 1. The van der Waals surface area contributed by atoms with Crippen molar-refractivity contribution in [1.82, 2.24) is 14.9 Å². The Labute approximate surface area is 177 Å². The van der Waals surface area contributed by atoms with E-state index < -0.39 is 0 Å². The van der Waals surface area contributed by atoms with Crippen molar-refractivity contribution in [2.24, 2.45) is 0 Å². The van der Waals surface area contributed by atoms with E-state index >= 15 is 0 Å². The van der Waals surface area contributed by atoms with Crippen molar-refractivity contribution >= 4 is 50.1 Å². The number of ether oxygens (including phenoxy) is 1. The van der Waals surface area contributed by atoms with E-state index in [2.05, 4.69) is 78.8 Å². The first-order valence-electron chi connectivity index (χ1n) is 9.60. The van der Waals surface area contributed by atoms with Crippen LogP contribution in [-0.2, 0) is 6.54 Å². The molecule has 0 saturated carbocycles. The van der Waals surface area contributed by atoms with Gasteiger partial charge in [-0.15, -0.1) is 0 Å². The molecule has 1 aliphatic rings. The van der Waals surface area contributed by atoms with Gasteiger partial charge in [-0.2, -0.15) is 0 Å². The molecular formula is C22H23IN4O. The van der Waals surface area contributed by atoms with Crippen molar-refractivity contribution < 1.29 is 4.74 Å². The molecule has 28 heavy (non-hydrogen) atoms. The Balaban J connectivity index is 1.31. The molecule has 0 aliphatic carbocycles. The van der Waals surface area contributed by atoms with Crippen molar-refractivity contribution in [3.8, 4) is 5.75 Å². The van der Waals surface area contributed by atoms with Crippen molar-refractivity contribution in [3.63, 3.8) is 0 Å². The zero-order valence-corrected chi connectivity index (χ0v) is 18.0. The van der Waals surface area contributed by atoms with E-state index in [0.29, 0.717) is 0 Å². The predicted molar refractivity (Wildman–Crippen MR) is 123 cm³/mol. The first kappa shape index (κ1) is 17.9. The third-order valence-corrected chi connectivity index (χ3v) is 6.91. The molecule has 0 unspecified atom stereocenters. The van der Waals surface area contributed by atoms with E-state index in [1.807, 2.05) is 12.3 Å². The molecule has 3 heterocycles. The average Bonchev–Trinajstić information content (AvgIpc) is 3.33. The van der Waals surface area contributed by atoms with Gasteiger partial charge < -0.3 is 19.6 Å². The fraction of sp³-hybridized carbons (Fsp3) is 0.273. The van der Waals surface area contributed by atoms with Crippen LogP contribution in [0.25, 0.3) is 21.8 Å². The van der Waals surface area contributed by atoms with Crippen LogP contribution in [0.15, 0.2) is 48.7 Å². The van der Waals surface area contributed by atoms with Crippen molar-refractivity contribution in [2.45, 2.75) is 6.54 Å². The van der Waals surface area contributed by atoms with Gasteiger partial charge in [-0.05, 0) is 59.0 Å². The van der Waals surface area contributed by atoms with Gasteiger partial charge in [0.2, 0.25) is 0 Å². The second kappa shape index (κ2) is 7.33. The molecule has 144 valence electrons. The fourth-order valence-electron chi connectivity index (χ4n) is 4.14. The Hall–Kier alpha value is -2.19. The molecule has 0 radical (unpaired) electrons. The molecule has 6 heteroatoms. The monoisotopic (exact) mass is 486 g/mol. The Morgan fingerprint density at radius 1 is 1.00 bits per heavy atom. The third kappa shape index (κ3) is 3.14. The van der Waals surface area contributed by atoms with Crippen LogP contribution >= 0.6 is 22.6 Å². The summed E-state index contributed by atoms with van der Waals surface area (Å²) in [5, 5.41) is 2.56. The second-order valence-corrected chi connectivity index (χ2v) is 8.39. The third-order valence-electron chi connectivity index (χ3n) is 5.68.